The number of likely N-dealkylation sites (N-methyl/N-ethyl adjacent to an activating group) is 1. The zero-order valence-electron chi connectivity index (χ0n) is 21.0. The molecule has 0 saturated heterocycles. The van der Waals surface area contributed by atoms with Crippen LogP contribution in [0.15, 0.2) is 54.6 Å². The molecule has 0 saturated carbocycles. The van der Waals surface area contributed by atoms with Crippen LogP contribution in [0.4, 0.5) is 5.69 Å². The van der Waals surface area contributed by atoms with Gasteiger partial charge in [0.2, 0.25) is 5.91 Å². The van der Waals surface area contributed by atoms with Crippen molar-refractivity contribution >= 4 is 17.6 Å². The number of carbonyl (C=O) groups excluding carboxylic acids is 2. The standard InChI is InChI=1S/C27H40N4O3/c1-5-34-27(33)26(22-11-7-6-8-12-22)23-13-15-24(16-14-23)29-21-25(32)31(4)20-10-19-30(3)18-9-17-28-2/h6-8,11-16,26,28-29H,5,9-10,17-21H2,1-4H3. The lowest BCUT2D eigenvalue weighted by Gasteiger charge is -2.21. The SMILES string of the molecule is CCOC(=O)C(c1ccccc1)c1ccc(NCC(=O)N(C)CCCN(C)CCCNC)cc1. The molecule has 2 aromatic carbocycles. The van der Waals surface area contributed by atoms with Gasteiger partial charge in [0.05, 0.1) is 13.2 Å². The van der Waals surface area contributed by atoms with Crippen molar-refractivity contribution < 1.29 is 14.3 Å². The van der Waals surface area contributed by atoms with Crippen LogP contribution in [0.5, 0.6) is 0 Å². The van der Waals surface area contributed by atoms with Crippen LogP contribution in [0.3, 0.4) is 0 Å². The van der Waals surface area contributed by atoms with Crippen LogP contribution in [-0.4, -0.2) is 82.1 Å². The molecule has 0 aliphatic rings. The maximum Gasteiger partial charge on any atom is 0.317 e. The van der Waals surface area contributed by atoms with Gasteiger partial charge in [-0.3, -0.25) is 9.59 Å². The number of nitrogens with one attached hydrogen (secondary N) is 2. The molecule has 34 heavy (non-hydrogen) atoms. The third-order valence-electron chi connectivity index (χ3n) is 5.77. The molecule has 186 valence electrons. The Hall–Kier alpha value is -2.90. The van der Waals surface area contributed by atoms with Crippen molar-refractivity contribution in [1.82, 2.24) is 15.1 Å². The molecule has 0 aliphatic heterocycles. The number of esters is 1. The van der Waals surface area contributed by atoms with Gasteiger partial charge in [0, 0.05) is 19.3 Å². The molecule has 0 fully saturated rings. The van der Waals surface area contributed by atoms with Crippen LogP contribution in [0, 0.1) is 0 Å². The summed E-state index contributed by atoms with van der Waals surface area (Å²) in [6.07, 6.45) is 2.07. The molecular weight excluding hydrogens is 428 g/mol. The molecule has 0 spiro atoms. The molecule has 0 radical (unpaired) electrons. The van der Waals surface area contributed by atoms with Gasteiger partial charge in [-0.1, -0.05) is 42.5 Å². The maximum atomic E-state index is 12.6. The summed E-state index contributed by atoms with van der Waals surface area (Å²) < 4.78 is 5.31. The van der Waals surface area contributed by atoms with Crippen molar-refractivity contribution in [3.63, 3.8) is 0 Å². The smallest absolute Gasteiger partial charge is 0.317 e. The van der Waals surface area contributed by atoms with Gasteiger partial charge in [-0.05, 0) is 76.8 Å². The van der Waals surface area contributed by atoms with E-state index in [2.05, 4.69) is 22.6 Å². The molecule has 0 aliphatic carbocycles. The van der Waals surface area contributed by atoms with Gasteiger partial charge in [-0.25, -0.2) is 0 Å². The topological polar surface area (TPSA) is 73.9 Å². The Labute approximate surface area is 204 Å². The van der Waals surface area contributed by atoms with E-state index in [1.807, 2.05) is 75.6 Å². The minimum atomic E-state index is -0.473. The van der Waals surface area contributed by atoms with E-state index in [4.69, 9.17) is 4.74 Å². The van der Waals surface area contributed by atoms with E-state index in [0.29, 0.717) is 6.61 Å². The maximum absolute atomic E-state index is 12.6. The first-order chi connectivity index (χ1) is 16.5. The van der Waals surface area contributed by atoms with E-state index in [0.717, 1.165) is 55.8 Å². The minimum absolute atomic E-state index is 0.0515. The second kappa shape index (κ2) is 15.1. The Morgan fingerprint density at radius 2 is 1.56 bits per heavy atom. The average molecular weight is 469 g/mol. The zero-order chi connectivity index (χ0) is 24.8. The van der Waals surface area contributed by atoms with E-state index in [1.54, 1.807) is 4.90 Å². The molecule has 0 heterocycles. The Bertz CT molecular complexity index is 858. The van der Waals surface area contributed by atoms with Gasteiger partial charge in [0.25, 0.3) is 0 Å². The van der Waals surface area contributed by atoms with Crippen molar-refractivity contribution in [3.8, 4) is 0 Å². The van der Waals surface area contributed by atoms with Crippen LogP contribution in [0.2, 0.25) is 0 Å². The van der Waals surface area contributed by atoms with Crippen molar-refractivity contribution in [1.29, 1.82) is 0 Å². The van der Waals surface area contributed by atoms with Crippen molar-refractivity contribution in [2.45, 2.75) is 25.7 Å². The first-order valence-electron chi connectivity index (χ1n) is 12.1. The first-order valence-corrected chi connectivity index (χ1v) is 12.1. The highest BCUT2D eigenvalue weighted by molar-refractivity contribution is 5.83. The number of amides is 1. The second-order valence-electron chi connectivity index (χ2n) is 8.50. The van der Waals surface area contributed by atoms with Gasteiger partial charge in [0.1, 0.15) is 5.92 Å². The van der Waals surface area contributed by atoms with Crippen molar-refractivity contribution in [2.24, 2.45) is 0 Å². The van der Waals surface area contributed by atoms with Crippen LogP contribution in [0.25, 0.3) is 0 Å². The highest BCUT2D eigenvalue weighted by Crippen LogP contribution is 2.27. The highest BCUT2D eigenvalue weighted by Gasteiger charge is 2.23. The number of hydrogen-bond acceptors (Lipinski definition) is 6. The van der Waals surface area contributed by atoms with E-state index in [9.17, 15) is 9.59 Å². The normalized spacial score (nSPS) is 11.8. The summed E-state index contributed by atoms with van der Waals surface area (Å²) >= 11 is 0. The third-order valence-corrected chi connectivity index (χ3v) is 5.77. The zero-order valence-corrected chi connectivity index (χ0v) is 21.0. The van der Waals surface area contributed by atoms with E-state index >= 15 is 0 Å². The molecule has 2 rings (SSSR count). The van der Waals surface area contributed by atoms with Crippen molar-refractivity contribution in [2.75, 3.05) is 65.8 Å². The summed E-state index contributed by atoms with van der Waals surface area (Å²) in [7, 11) is 5.93. The van der Waals surface area contributed by atoms with E-state index in [-0.39, 0.29) is 18.4 Å². The number of rotatable bonds is 15. The molecule has 1 unspecified atom stereocenters. The van der Waals surface area contributed by atoms with Gasteiger partial charge >= 0.3 is 5.97 Å². The van der Waals surface area contributed by atoms with E-state index < -0.39 is 5.92 Å². The Balaban J connectivity index is 1.85. The lowest BCUT2D eigenvalue weighted by atomic mass is 9.91. The third kappa shape index (κ3) is 9.15. The summed E-state index contributed by atoms with van der Waals surface area (Å²) in [5, 5.41) is 6.35. The number of anilines is 1. The number of carbonyl (C=O) groups is 2. The molecular formula is C27H40N4O3. The average Bonchev–Trinajstić information content (AvgIpc) is 2.84. The van der Waals surface area contributed by atoms with Gasteiger partial charge < -0.3 is 25.2 Å². The lowest BCUT2D eigenvalue weighted by molar-refractivity contribution is -0.143. The Morgan fingerprint density at radius 3 is 2.21 bits per heavy atom. The number of ether oxygens (including phenoxy) is 1. The summed E-state index contributed by atoms with van der Waals surface area (Å²) in [6, 6.07) is 17.3. The minimum Gasteiger partial charge on any atom is -0.465 e. The van der Waals surface area contributed by atoms with Gasteiger partial charge in [-0.15, -0.1) is 0 Å². The summed E-state index contributed by atoms with van der Waals surface area (Å²) in [5.74, 6) is -0.686. The Morgan fingerprint density at radius 1 is 0.912 bits per heavy atom. The monoisotopic (exact) mass is 468 g/mol. The molecule has 2 aromatic rings. The summed E-state index contributed by atoms with van der Waals surface area (Å²) in [5.41, 5.74) is 2.59. The fraction of sp³-hybridized carbons (Fsp3) is 0.481. The molecule has 7 nitrogen and oxygen atoms in total. The predicted octanol–water partition coefficient (Wildman–Crippen LogP) is 3.18. The van der Waals surface area contributed by atoms with Crippen LogP contribution in [0.1, 0.15) is 36.8 Å². The predicted molar refractivity (Wildman–Crippen MR) is 138 cm³/mol. The highest BCUT2D eigenvalue weighted by atomic mass is 16.5. The molecule has 7 heteroatoms. The van der Waals surface area contributed by atoms with Gasteiger partial charge in [-0.2, -0.15) is 0 Å². The van der Waals surface area contributed by atoms with Gasteiger partial charge in [0.15, 0.2) is 0 Å². The first kappa shape index (κ1) is 27.3. The summed E-state index contributed by atoms with van der Waals surface area (Å²) in [4.78, 5) is 29.2. The quantitative estimate of drug-likeness (QED) is 0.309. The Kier molecular flexibility index (Phi) is 12.1. The molecule has 0 aromatic heterocycles. The van der Waals surface area contributed by atoms with Crippen LogP contribution < -0.4 is 10.6 Å². The van der Waals surface area contributed by atoms with Crippen LogP contribution >= 0.6 is 0 Å². The number of benzene rings is 2. The molecule has 1 atom stereocenters. The lowest BCUT2D eigenvalue weighted by Crippen LogP contribution is -2.34. The fourth-order valence-electron chi connectivity index (χ4n) is 3.78. The second-order valence-corrected chi connectivity index (χ2v) is 8.50. The van der Waals surface area contributed by atoms with Crippen LogP contribution in [-0.2, 0) is 14.3 Å². The largest absolute Gasteiger partial charge is 0.465 e. The summed E-state index contributed by atoms with van der Waals surface area (Å²) in [6.45, 7) is 6.15. The number of nitrogens with zero attached hydrogens (tertiary/aromatic N) is 2. The molecule has 0 bridgehead atoms. The fourth-order valence-corrected chi connectivity index (χ4v) is 3.78. The molecule has 1 amide bonds. The van der Waals surface area contributed by atoms with E-state index in [1.165, 1.54) is 0 Å². The van der Waals surface area contributed by atoms with Crippen molar-refractivity contribution in [3.05, 3.63) is 65.7 Å². The number of hydrogen-bond donors (Lipinski definition) is 2. The molecule has 2 N–H and O–H groups in total.